The monoisotopic (exact) mass is 496 g/mol. The molecule has 2 aromatic rings. The van der Waals surface area contributed by atoms with Gasteiger partial charge >= 0.3 is 6.18 Å². The third kappa shape index (κ3) is 4.51. The summed E-state index contributed by atoms with van der Waals surface area (Å²) in [5.41, 5.74) is 0.876. The molecule has 0 N–H and O–H groups in total. The highest BCUT2D eigenvalue weighted by Crippen LogP contribution is 2.45. The Labute approximate surface area is 198 Å². The van der Waals surface area contributed by atoms with Gasteiger partial charge in [-0.15, -0.1) is 0 Å². The van der Waals surface area contributed by atoms with Crippen LogP contribution in [0.25, 0.3) is 11.4 Å². The van der Waals surface area contributed by atoms with Gasteiger partial charge in [0.05, 0.1) is 17.2 Å². The van der Waals surface area contributed by atoms with Crippen LogP contribution in [0.2, 0.25) is 0 Å². The highest BCUT2D eigenvalue weighted by molar-refractivity contribution is 7.92. The highest BCUT2D eigenvalue weighted by atomic mass is 32.2. The quantitative estimate of drug-likeness (QED) is 0.614. The van der Waals surface area contributed by atoms with E-state index in [1.165, 1.54) is 6.07 Å². The molecule has 3 fully saturated rings. The van der Waals surface area contributed by atoms with E-state index < -0.39 is 21.7 Å². The molecule has 5 rings (SSSR count). The van der Waals surface area contributed by atoms with Crippen LogP contribution >= 0.6 is 0 Å². The number of halogens is 3. The molecule has 1 saturated carbocycles. The number of rotatable bonds is 4. The van der Waals surface area contributed by atoms with E-state index in [2.05, 4.69) is 15.0 Å². The van der Waals surface area contributed by atoms with Gasteiger partial charge in [-0.05, 0) is 77.2 Å². The maximum absolute atomic E-state index is 13.2. The molecule has 3 aliphatic rings. The van der Waals surface area contributed by atoms with Gasteiger partial charge in [0.1, 0.15) is 11.4 Å². The zero-order chi connectivity index (χ0) is 24.3. The standard InChI is InChI=1S/C24H31F3N4O2S/c1-16(2)31-21(13-20(29-31)19-4-3-5-22(28-19)24(25,26)27)17-6-7-18(12-17)30-10-8-23(9-11-30)14-34(32,33)15-23/h3-5,13,16-18H,6-12,14-15H2,1-2H3/t17-,18?/m1/s1. The Morgan fingerprint density at radius 2 is 1.79 bits per heavy atom. The summed E-state index contributed by atoms with van der Waals surface area (Å²) in [6.45, 7) is 5.94. The number of piperidine rings is 1. The van der Waals surface area contributed by atoms with Gasteiger partial charge in [0.15, 0.2) is 9.84 Å². The van der Waals surface area contributed by atoms with Crippen LogP contribution in [0, 0.1) is 5.41 Å². The van der Waals surface area contributed by atoms with Gasteiger partial charge in [0, 0.05) is 29.1 Å². The summed E-state index contributed by atoms with van der Waals surface area (Å²) in [6.07, 6.45) is 0.463. The molecule has 1 spiro atoms. The summed E-state index contributed by atoms with van der Waals surface area (Å²) in [6, 6.07) is 6.39. The topological polar surface area (TPSA) is 68.1 Å². The fourth-order valence-electron chi connectivity index (χ4n) is 6.09. The lowest BCUT2D eigenvalue weighted by Gasteiger charge is -2.48. The van der Waals surface area contributed by atoms with Crippen molar-refractivity contribution in [2.75, 3.05) is 24.6 Å². The molecule has 1 unspecified atom stereocenters. The number of pyridine rings is 1. The van der Waals surface area contributed by atoms with Crippen molar-refractivity contribution < 1.29 is 21.6 Å². The summed E-state index contributed by atoms with van der Waals surface area (Å²) in [5, 5.41) is 4.65. The lowest BCUT2D eigenvalue weighted by molar-refractivity contribution is -0.141. The Kier molecular flexibility index (Phi) is 5.82. The van der Waals surface area contributed by atoms with Gasteiger partial charge < -0.3 is 4.90 Å². The van der Waals surface area contributed by atoms with E-state index in [9.17, 15) is 21.6 Å². The first-order chi connectivity index (χ1) is 15.9. The molecular weight excluding hydrogens is 465 g/mol. The van der Waals surface area contributed by atoms with Gasteiger partial charge in [-0.25, -0.2) is 13.4 Å². The first-order valence-electron chi connectivity index (χ1n) is 12.0. The van der Waals surface area contributed by atoms with Gasteiger partial charge in [0.2, 0.25) is 0 Å². The van der Waals surface area contributed by atoms with Crippen molar-refractivity contribution in [2.45, 2.75) is 70.1 Å². The Morgan fingerprint density at radius 3 is 2.41 bits per heavy atom. The molecule has 34 heavy (non-hydrogen) atoms. The molecule has 2 saturated heterocycles. The van der Waals surface area contributed by atoms with Gasteiger partial charge in [-0.1, -0.05) is 6.07 Å². The number of hydrogen-bond acceptors (Lipinski definition) is 5. The van der Waals surface area contributed by atoms with Crippen molar-refractivity contribution in [1.29, 1.82) is 0 Å². The molecule has 0 radical (unpaired) electrons. The molecule has 0 bridgehead atoms. The molecule has 186 valence electrons. The third-order valence-corrected chi connectivity index (χ3v) is 9.91. The average Bonchev–Trinajstić information content (AvgIpc) is 3.40. The van der Waals surface area contributed by atoms with E-state index in [-0.39, 0.29) is 17.2 Å². The summed E-state index contributed by atoms with van der Waals surface area (Å²) in [7, 11) is -2.81. The van der Waals surface area contributed by atoms with Crippen LogP contribution < -0.4 is 0 Å². The smallest absolute Gasteiger partial charge is 0.300 e. The Hall–Kier alpha value is -1.94. The van der Waals surface area contributed by atoms with Crippen LogP contribution in [-0.2, 0) is 16.0 Å². The van der Waals surface area contributed by atoms with E-state index in [1.54, 1.807) is 6.07 Å². The first kappa shape index (κ1) is 23.8. The van der Waals surface area contributed by atoms with E-state index in [0.717, 1.165) is 57.0 Å². The lowest BCUT2D eigenvalue weighted by Crippen LogP contribution is -2.55. The van der Waals surface area contributed by atoms with E-state index in [4.69, 9.17) is 0 Å². The number of alkyl halides is 3. The normalized spacial score (nSPS) is 26.8. The number of nitrogens with zero attached hydrogens (tertiary/aromatic N) is 4. The van der Waals surface area contributed by atoms with E-state index >= 15 is 0 Å². The Balaban J connectivity index is 1.31. The predicted molar refractivity (Wildman–Crippen MR) is 123 cm³/mol. The Morgan fingerprint density at radius 1 is 1.09 bits per heavy atom. The van der Waals surface area contributed by atoms with Crippen LogP contribution in [0.4, 0.5) is 13.2 Å². The van der Waals surface area contributed by atoms with Crippen molar-refractivity contribution in [3.8, 4) is 11.4 Å². The molecule has 1 aliphatic carbocycles. The van der Waals surface area contributed by atoms with Crippen LogP contribution in [0.1, 0.15) is 69.3 Å². The second-order valence-corrected chi connectivity index (χ2v) is 12.7. The second-order valence-electron chi connectivity index (χ2n) is 10.6. The third-order valence-electron chi connectivity index (χ3n) is 7.81. The zero-order valence-electron chi connectivity index (χ0n) is 19.6. The summed E-state index contributed by atoms with van der Waals surface area (Å²) in [5.74, 6) is 0.988. The van der Waals surface area contributed by atoms with Crippen LogP contribution in [-0.4, -0.2) is 58.7 Å². The van der Waals surface area contributed by atoms with Crippen molar-refractivity contribution in [3.63, 3.8) is 0 Å². The Bertz CT molecular complexity index is 1150. The lowest BCUT2D eigenvalue weighted by atomic mass is 9.80. The molecule has 0 aromatic carbocycles. The van der Waals surface area contributed by atoms with Crippen LogP contribution in [0.5, 0.6) is 0 Å². The molecule has 2 atom stereocenters. The first-order valence-corrected chi connectivity index (χ1v) is 13.9. The molecule has 2 aliphatic heterocycles. The zero-order valence-corrected chi connectivity index (χ0v) is 20.4. The fraction of sp³-hybridized carbons (Fsp3) is 0.667. The average molecular weight is 497 g/mol. The molecule has 0 amide bonds. The van der Waals surface area contributed by atoms with Crippen molar-refractivity contribution >= 4 is 9.84 Å². The maximum Gasteiger partial charge on any atom is 0.433 e. The van der Waals surface area contributed by atoms with E-state index in [1.807, 2.05) is 24.6 Å². The summed E-state index contributed by atoms with van der Waals surface area (Å²) < 4.78 is 64.7. The van der Waals surface area contributed by atoms with E-state index in [0.29, 0.717) is 29.2 Å². The number of aromatic nitrogens is 3. The van der Waals surface area contributed by atoms with Crippen LogP contribution in [0.15, 0.2) is 24.3 Å². The molecule has 2 aromatic heterocycles. The van der Waals surface area contributed by atoms with Crippen molar-refractivity contribution in [1.82, 2.24) is 19.7 Å². The van der Waals surface area contributed by atoms with Crippen molar-refractivity contribution in [3.05, 3.63) is 35.7 Å². The predicted octanol–water partition coefficient (Wildman–Crippen LogP) is 4.69. The van der Waals surface area contributed by atoms with Crippen molar-refractivity contribution in [2.24, 2.45) is 5.41 Å². The number of likely N-dealkylation sites (tertiary alicyclic amines) is 1. The molecule has 6 nitrogen and oxygen atoms in total. The minimum absolute atomic E-state index is 0.0104. The number of sulfone groups is 1. The van der Waals surface area contributed by atoms with Gasteiger partial charge in [-0.3, -0.25) is 4.68 Å². The van der Waals surface area contributed by atoms with Gasteiger partial charge in [-0.2, -0.15) is 18.3 Å². The minimum atomic E-state index is -4.49. The highest BCUT2D eigenvalue weighted by Gasteiger charge is 2.50. The minimum Gasteiger partial charge on any atom is -0.300 e. The molecule has 10 heteroatoms. The summed E-state index contributed by atoms with van der Waals surface area (Å²) in [4.78, 5) is 6.34. The number of hydrogen-bond donors (Lipinski definition) is 0. The van der Waals surface area contributed by atoms with Crippen LogP contribution in [0.3, 0.4) is 0 Å². The SMILES string of the molecule is CC(C)n1nc(-c2cccc(C(F)(F)F)n2)cc1[C@@H]1CCC(N2CCC3(CC2)CS(=O)(=O)C3)C1. The fourth-order valence-corrected chi connectivity index (χ4v) is 8.45. The van der Waals surface area contributed by atoms with Gasteiger partial charge in [0.25, 0.3) is 0 Å². The maximum atomic E-state index is 13.2. The second kappa shape index (κ2) is 8.33. The molecular formula is C24H31F3N4O2S. The summed E-state index contributed by atoms with van der Waals surface area (Å²) >= 11 is 0. The molecule has 4 heterocycles. The largest absolute Gasteiger partial charge is 0.433 e.